The summed E-state index contributed by atoms with van der Waals surface area (Å²) in [5, 5.41) is 18.9. The molecule has 0 spiro atoms. The van der Waals surface area contributed by atoms with Crippen LogP contribution in [-0.4, -0.2) is 84.3 Å². The number of benzene rings is 1. The van der Waals surface area contributed by atoms with Crippen molar-refractivity contribution in [3.63, 3.8) is 0 Å². The highest BCUT2D eigenvalue weighted by atomic mass is 32.2. The molecular formula is C29H39N7O2S. The van der Waals surface area contributed by atoms with Crippen LogP contribution in [0.2, 0.25) is 0 Å². The Morgan fingerprint density at radius 3 is 2.79 bits per heavy atom. The molecule has 0 radical (unpaired) electrons. The van der Waals surface area contributed by atoms with Gasteiger partial charge in [-0.1, -0.05) is 18.2 Å². The molecule has 208 valence electrons. The highest BCUT2D eigenvalue weighted by Crippen LogP contribution is 2.53. The molecule has 5 rings (SSSR count). The van der Waals surface area contributed by atoms with Crippen LogP contribution >= 0.6 is 11.8 Å². The van der Waals surface area contributed by atoms with Gasteiger partial charge in [-0.2, -0.15) is 5.26 Å². The lowest BCUT2D eigenvalue weighted by molar-refractivity contribution is -0.131. The van der Waals surface area contributed by atoms with Crippen molar-refractivity contribution in [2.24, 2.45) is 22.2 Å². The van der Waals surface area contributed by atoms with E-state index in [1.54, 1.807) is 11.1 Å². The Morgan fingerprint density at radius 1 is 1.28 bits per heavy atom. The van der Waals surface area contributed by atoms with Crippen molar-refractivity contribution in [1.82, 2.24) is 20.4 Å². The van der Waals surface area contributed by atoms with E-state index in [0.29, 0.717) is 25.6 Å². The Balaban J connectivity index is 1.09. The van der Waals surface area contributed by atoms with Gasteiger partial charge in [-0.25, -0.2) is 0 Å². The molecule has 1 aromatic carbocycles. The fraction of sp³-hybridized carbons (Fsp3) is 0.586. The van der Waals surface area contributed by atoms with Crippen molar-refractivity contribution in [3.05, 3.63) is 42.1 Å². The summed E-state index contributed by atoms with van der Waals surface area (Å²) in [6.07, 6.45) is 9.36. The molecule has 3 heterocycles. The van der Waals surface area contributed by atoms with Crippen molar-refractivity contribution in [3.8, 4) is 6.07 Å². The third kappa shape index (κ3) is 6.48. The minimum absolute atomic E-state index is 0.0286. The summed E-state index contributed by atoms with van der Waals surface area (Å²) in [6, 6.07) is 10.5. The van der Waals surface area contributed by atoms with Gasteiger partial charge in [-0.15, -0.1) is 11.8 Å². The van der Waals surface area contributed by atoms with Crippen molar-refractivity contribution >= 4 is 35.5 Å². The van der Waals surface area contributed by atoms with Crippen LogP contribution in [0.1, 0.15) is 31.7 Å². The molecule has 0 aromatic heterocycles. The summed E-state index contributed by atoms with van der Waals surface area (Å²) >= 11 is 1.41. The van der Waals surface area contributed by atoms with E-state index in [4.69, 9.17) is 0 Å². The van der Waals surface area contributed by atoms with Crippen LogP contribution in [0.25, 0.3) is 0 Å². The first-order chi connectivity index (χ1) is 19.0. The number of rotatable bonds is 13. The lowest BCUT2D eigenvalue weighted by Crippen LogP contribution is -2.45. The molecule has 2 amide bonds. The van der Waals surface area contributed by atoms with Gasteiger partial charge in [-0.3, -0.25) is 14.6 Å². The standard InChI is InChI=1S/C29H39N7O2S/c1-2-36-27(38)25(19-33-23-7-5-21(6-8-23)17-32-11-14-35-12-3-4-13-35)39-28(36)24(16-30)26(37)34-20-29-9-10-31-18-22(29)15-29/h5-10,18,22,24-25,28,32-33H,2-4,11-15,17,19-20H2,1H3,(H,34,37). The highest BCUT2D eigenvalue weighted by molar-refractivity contribution is 8.01. The Kier molecular flexibility index (Phi) is 8.90. The predicted octanol–water partition coefficient (Wildman–Crippen LogP) is 2.43. The molecule has 10 heteroatoms. The number of likely N-dealkylation sites (tertiary alicyclic amines) is 1. The fourth-order valence-corrected chi connectivity index (χ4v) is 7.24. The largest absolute Gasteiger partial charge is 0.383 e. The molecule has 2 saturated heterocycles. The highest BCUT2D eigenvalue weighted by Gasteiger charge is 2.53. The van der Waals surface area contributed by atoms with Crippen LogP contribution in [0.3, 0.4) is 0 Å². The summed E-state index contributed by atoms with van der Waals surface area (Å²) in [6.45, 7) is 8.66. The molecule has 3 aliphatic heterocycles. The minimum atomic E-state index is -0.920. The summed E-state index contributed by atoms with van der Waals surface area (Å²) < 4.78 is 0. The van der Waals surface area contributed by atoms with Gasteiger partial charge in [0.2, 0.25) is 11.8 Å². The maximum Gasteiger partial charge on any atom is 0.240 e. The molecule has 0 bridgehead atoms. The topological polar surface area (TPSA) is 113 Å². The first kappa shape index (κ1) is 27.7. The second-order valence-electron chi connectivity index (χ2n) is 10.9. The monoisotopic (exact) mass is 549 g/mol. The third-order valence-corrected chi connectivity index (χ3v) is 9.83. The van der Waals surface area contributed by atoms with Crippen molar-refractivity contribution in [2.75, 3.05) is 51.1 Å². The number of aliphatic imine (C=N–C) groups is 1. The third-order valence-electron chi connectivity index (χ3n) is 8.32. The number of amides is 2. The molecule has 5 atom stereocenters. The van der Waals surface area contributed by atoms with E-state index in [-0.39, 0.29) is 22.5 Å². The van der Waals surface area contributed by atoms with Crippen LogP contribution in [0.5, 0.6) is 0 Å². The minimum Gasteiger partial charge on any atom is -0.383 e. The fourth-order valence-electron chi connectivity index (χ4n) is 5.73. The SMILES string of the molecule is CCN1C(=O)C(CNc2ccc(CNCCN3CCCC3)cc2)SC1C(C#N)C(=O)NCC12C=CN=CC1C2. The number of thioether (sulfide) groups is 1. The first-order valence-electron chi connectivity index (χ1n) is 14.1. The van der Waals surface area contributed by atoms with Gasteiger partial charge >= 0.3 is 0 Å². The van der Waals surface area contributed by atoms with Gasteiger partial charge in [0.15, 0.2) is 5.92 Å². The van der Waals surface area contributed by atoms with Gasteiger partial charge in [0.25, 0.3) is 0 Å². The summed E-state index contributed by atoms with van der Waals surface area (Å²) in [7, 11) is 0. The summed E-state index contributed by atoms with van der Waals surface area (Å²) in [5.74, 6) is -0.899. The zero-order chi connectivity index (χ0) is 27.2. The van der Waals surface area contributed by atoms with E-state index in [1.807, 2.05) is 31.3 Å². The number of nitrogens with one attached hydrogen (secondary N) is 3. The normalized spacial score (nSPS) is 28.3. The van der Waals surface area contributed by atoms with E-state index in [1.165, 1.54) is 43.3 Å². The number of nitriles is 1. The Labute approximate surface area is 235 Å². The van der Waals surface area contributed by atoms with E-state index >= 15 is 0 Å². The van der Waals surface area contributed by atoms with Gasteiger partial charge < -0.3 is 25.8 Å². The molecule has 1 aromatic rings. The van der Waals surface area contributed by atoms with Crippen molar-refractivity contribution in [2.45, 2.75) is 43.4 Å². The number of hydrogen-bond acceptors (Lipinski definition) is 8. The smallest absolute Gasteiger partial charge is 0.240 e. The average molecular weight is 550 g/mol. The molecule has 39 heavy (non-hydrogen) atoms. The second kappa shape index (κ2) is 12.5. The van der Waals surface area contributed by atoms with Crippen LogP contribution in [0.15, 0.2) is 41.5 Å². The molecule has 4 aliphatic rings. The molecule has 9 nitrogen and oxygen atoms in total. The van der Waals surface area contributed by atoms with Gasteiger partial charge in [0.05, 0.1) is 6.07 Å². The van der Waals surface area contributed by atoms with E-state index in [2.05, 4.69) is 44.0 Å². The van der Waals surface area contributed by atoms with Crippen LogP contribution < -0.4 is 16.0 Å². The number of carbonyl (C=O) groups excluding carboxylic acids is 2. The van der Waals surface area contributed by atoms with E-state index in [0.717, 1.165) is 31.7 Å². The number of nitrogens with zero attached hydrogens (tertiary/aromatic N) is 4. The summed E-state index contributed by atoms with van der Waals surface area (Å²) in [5.41, 5.74) is 2.11. The maximum absolute atomic E-state index is 13.2. The van der Waals surface area contributed by atoms with E-state index < -0.39 is 11.3 Å². The van der Waals surface area contributed by atoms with Gasteiger partial charge in [-0.05, 0) is 57.0 Å². The molecule has 5 unspecified atom stereocenters. The zero-order valence-electron chi connectivity index (χ0n) is 22.6. The second-order valence-corrected chi connectivity index (χ2v) is 12.2. The van der Waals surface area contributed by atoms with Gasteiger partial charge in [0.1, 0.15) is 10.6 Å². The summed E-state index contributed by atoms with van der Waals surface area (Å²) in [4.78, 5) is 34.5. The maximum atomic E-state index is 13.2. The van der Waals surface area contributed by atoms with Crippen LogP contribution in [-0.2, 0) is 16.1 Å². The lowest BCUT2D eigenvalue weighted by Gasteiger charge is -2.26. The van der Waals surface area contributed by atoms with E-state index in [9.17, 15) is 14.9 Å². The van der Waals surface area contributed by atoms with Gasteiger partial charge in [0, 0.05) is 68.7 Å². The van der Waals surface area contributed by atoms with Crippen molar-refractivity contribution < 1.29 is 9.59 Å². The predicted molar refractivity (Wildman–Crippen MR) is 155 cm³/mol. The number of fused-ring (bicyclic) bond motifs is 1. The number of hydrogen-bond donors (Lipinski definition) is 3. The Hall–Kier alpha value is -2.87. The van der Waals surface area contributed by atoms with Crippen LogP contribution in [0.4, 0.5) is 5.69 Å². The quantitative estimate of drug-likeness (QED) is 0.324. The average Bonchev–Trinajstić information content (AvgIpc) is 3.27. The molecule has 1 aliphatic carbocycles. The molecule has 3 fully saturated rings. The first-order valence-corrected chi connectivity index (χ1v) is 15.1. The lowest BCUT2D eigenvalue weighted by atomic mass is 10.0. The number of anilines is 1. The Morgan fingerprint density at radius 2 is 2.08 bits per heavy atom. The molecular weight excluding hydrogens is 510 g/mol. The van der Waals surface area contributed by atoms with Crippen molar-refractivity contribution in [1.29, 1.82) is 5.26 Å². The Bertz CT molecular complexity index is 1130. The number of carbonyl (C=O) groups is 2. The van der Waals surface area contributed by atoms with Crippen LogP contribution in [0, 0.1) is 28.6 Å². The molecule has 3 N–H and O–H groups in total. The molecule has 1 saturated carbocycles. The zero-order valence-corrected chi connectivity index (χ0v) is 23.5.